The van der Waals surface area contributed by atoms with Crippen LogP contribution in [0.25, 0.3) is 21.7 Å². The van der Waals surface area contributed by atoms with Gasteiger partial charge in [-0.25, -0.2) is 9.78 Å². The summed E-state index contributed by atoms with van der Waals surface area (Å²) >= 11 is 1.14. The molecule has 3 aromatic rings. The molecule has 1 aromatic carbocycles. The van der Waals surface area contributed by atoms with Crippen LogP contribution in [0.2, 0.25) is 0 Å². The second-order valence-corrected chi connectivity index (χ2v) is 8.41. The van der Waals surface area contributed by atoms with E-state index in [4.69, 9.17) is 4.42 Å². The first-order valence-electron chi connectivity index (χ1n) is 9.19. The van der Waals surface area contributed by atoms with E-state index >= 15 is 0 Å². The number of thiazole rings is 1. The molecule has 9 nitrogen and oxygen atoms in total. The number of nitrogens with zero attached hydrogens (tertiary/aromatic N) is 4. The van der Waals surface area contributed by atoms with Gasteiger partial charge in [0.15, 0.2) is 5.58 Å². The van der Waals surface area contributed by atoms with Crippen LogP contribution in [0.15, 0.2) is 28.1 Å². The monoisotopic (exact) mass is 456 g/mol. The number of aromatic nitrogens is 2. The number of hydrogen-bond acceptors (Lipinski definition) is 8. The predicted octanol–water partition coefficient (Wildman–Crippen LogP) is 2.59. The van der Waals surface area contributed by atoms with Crippen molar-refractivity contribution in [3.05, 3.63) is 29.3 Å². The molecule has 2 bridgehead atoms. The van der Waals surface area contributed by atoms with E-state index in [1.165, 1.54) is 11.1 Å². The maximum absolute atomic E-state index is 13.2. The van der Waals surface area contributed by atoms with Crippen LogP contribution in [0.3, 0.4) is 0 Å². The highest BCUT2D eigenvalue weighted by Gasteiger charge is 2.55. The smallest absolute Gasteiger partial charge is 0.447 e. The summed E-state index contributed by atoms with van der Waals surface area (Å²) in [5, 5.41) is 30.7. The van der Waals surface area contributed by atoms with Gasteiger partial charge >= 0.3 is 12.3 Å². The van der Waals surface area contributed by atoms with Gasteiger partial charge in [0.2, 0.25) is 0 Å². The SMILES string of the molecule is O=C(O)N1C2CC1CN(c1nc3cc(C(O)(O)C(F)(F)F)cc(-c4nccs4)c3o1)C2. The Morgan fingerprint density at radius 3 is 2.52 bits per heavy atom. The Kier molecular flexibility index (Phi) is 4.23. The van der Waals surface area contributed by atoms with Gasteiger partial charge in [-0.3, -0.25) is 4.90 Å². The molecule has 0 saturated carbocycles. The van der Waals surface area contributed by atoms with Crippen molar-refractivity contribution >= 4 is 34.5 Å². The Balaban J connectivity index is 1.58. The highest BCUT2D eigenvalue weighted by molar-refractivity contribution is 7.13. The number of carbonyl (C=O) groups is 1. The third kappa shape index (κ3) is 3.03. The molecule has 3 N–H and O–H groups in total. The largest absolute Gasteiger partial charge is 0.465 e. The van der Waals surface area contributed by atoms with Crippen molar-refractivity contribution in [2.75, 3.05) is 18.0 Å². The summed E-state index contributed by atoms with van der Waals surface area (Å²) in [6, 6.07) is 1.59. The van der Waals surface area contributed by atoms with Gasteiger partial charge in [-0.1, -0.05) is 0 Å². The van der Waals surface area contributed by atoms with Gasteiger partial charge < -0.3 is 24.6 Å². The predicted molar refractivity (Wildman–Crippen MR) is 102 cm³/mol. The number of oxazole rings is 1. The molecule has 164 valence electrons. The minimum Gasteiger partial charge on any atom is -0.465 e. The van der Waals surface area contributed by atoms with Crippen LogP contribution in [-0.2, 0) is 5.79 Å². The standard InChI is InChI=1S/C18H15F3N4O5S/c19-18(20,21)17(28,29)8-3-11(14-22-1-2-31-14)13-12(4-8)23-15(30-13)24-6-9-5-10(7-24)25(9)16(26)27/h1-4,9-10,28-29H,5-7H2,(H,26,27). The Labute approximate surface area is 176 Å². The van der Waals surface area contributed by atoms with E-state index in [-0.39, 0.29) is 34.8 Å². The summed E-state index contributed by atoms with van der Waals surface area (Å²) in [6.45, 7) is 0.670. The van der Waals surface area contributed by atoms with Crippen LogP contribution in [0.1, 0.15) is 12.0 Å². The molecule has 5 heterocycles. The molecule has 2 unspecified atom stereocenters. The first kappa shape index (κ1) is 20.0. The Bertz CT molecular complexity index is 1150. The van der Waals surface area contributed by atoms with Crippen LogP contribution in [0.4, 0.5) is 24.0 Å². The summed E-state index contributed by atoms with van der Waals surface area (Å²) < 4.78 is 45.5. The number of carboxylic acid groups (broad SMARTS) is 1. The van der Waals surface area contributed by atoms with Crippen molar-refractivity contribution in [3.63, 3.8) is 0 Å². The molecule has 1 amide bonds. The first-order valence-corrected chi connectivity index (χ1v) is 10.1. The number of hydrogen-bond donors (Lipinski definition) is 3. The zero-order chi connectivity index (χ0) is 22.1. The number of benzene rings is 1. The molecule has 31 heavy (non-hydrogen) atoms. The average Bonchev–Trinajstić information content (AvgIpc) is 3.35. The summed E-state index contributed by atoms with van der Waals surface area (Å²) in [4.78, 5) is 22.8. The first-order chi connectivity index (χ1) is 14.6. The summed E-state index contributed by atoms with van der Waals surface area (Å²) in [6.07, 6.45) is -4.14. The summed E-state index contributed by atoms with van der Waals surface area (Å²) in [5.41, 5.74) is -0.506. The van der Waals surface area contributed by atoms with Crippen LogP contribution in [-0.4, -0.2) is 67.6 Å². The van der Waals surface area contributed by atoms with Crippen molar-refractivity contribution < 1.29 is 37.7 Å². The molecular weight excluding hydrogens is 441 g/mol. The number of fused-ring (bicyclic) bond motifs is 3. The van der Waals surface area contributed by atoms with E-state index in [2.05, 4.69) is 9.97 Å². The highest BCUT2D eigenvalue weighted by atomic mass is 32.1. The molecule has 3 aliphatic rings. The van der Waals surface area contributed by atoms with Crippen molar-refractivity contribution in [1.29, 1.82) is 0 Å². The van der Waals surface area contributed by atoms with Crippen LogP contribution < -0.4 is 4.90 Å². The minimum absolute atomic E-state index is 0.00348. The minimum atomic E-state index is -5.33. The van der Waals surface area contributed by atoms with E-state index < -0.39 is 23.6 Å². The van der Waals surface area contributed by atoms with Crippen molar-refractivity contribution in [3.8, 4) is 10.6 Å². The van der Waals surface area contributed by atoms with Gasteiger partial charge in [0, 0.05) is 30.2 Å². The highest BCUT2D eigenvalue weighted by Crippen LogP contribution is 2.42. The van der Waals surface area contributed by atoms with Crippen molar-refractivity contribution in [1.82, 2.24) is 14.9 Å². The lowest BCUT2D eigenvalue weighted by Crippen LogP contribution is -2.70. The zero-order valence-corrected chi connectivity index (χ0v) is 16.4. The van der Waals surface area contributed by atoms with Gasteiger partial charge in [0.05, 0.1) is 17.6 Å². The second-order valence-electron chi connectivity index (χ2n) is 7.51. The average molecular weight is 456 g/mol. The number of aliphatic hydroxyl groups is 2. The lowest BCUT2D eigenvalue weighted by atomic mass is 9.88. The molecular formula is C18H15F3N4O5S. The summed E-state index contributed by atoms with van der Waals surface area (Å²) in [5.74, 6) is -4.08. The lowest BCUT2D eigenvalue weighted by molar-refractivity contribution is -0.358. The van der Waals surface area contributed by atoms with Crippen molar-refractivity contribution in [2.45, 2.75) is 30.5 Å². The third-order valence-electron chi connectivity index (χ3n) is 5.62. The quantitative estimate of drug-likeness (QED) is 0.514. The maximum Gasteiger partial charge on any atom is 0.447 e. The van der Waals surface area contributed by atoms with Crippen LogP contribution >= 0.6 is 11.3 Å². The van der Waals surface area contributed by atoms with E-state index in [1.807, 2.05) is 0 Å². The zero-order valence-electron chi connectivity index (χ0n) is 15.6. The Morgan fingerprint density at radius 1 is 1.23 bits per heavy atom. The van der Waals surface area contributed by atoms with Gasteiger partial charge in [-0.2, -0.15) is 18.2 Å². The fourth-order valence-electron chi connectivity index (χ4n) is 4.11. The number of anilines is 1. The fourth-order valence-corrected chi connectivity index (χ4v) is 4.77. The molecule has 3 fully saturated rings. The van der Waals surface area contributed by atoms with E-state index in [0.717, 1.165) is 29.9 Å². The molecule has 13 heteroatoms. The van der Waals surface area contributed by atoms with E-state index in [0.29, 0.717) is 18.1 Å². The Morgan fingerprint density at radius 2 is 1.94 bits per heavy atom. The maximum atomic E-state index is 13.2. The van der Waals surface area contributed by atoms with Crippen LogP contribution in [0, 0.1) is 0 Å². The number of halogens is 3. The molecule has 2 aromatic heterocycles. The molecule has 0 aliphatic carbocycles. The van der Waals surface area contributed by atoms with Gasteiger partial charge in [0.1, 0.15) is 10.5 Å². The number of amides is 1. The number of piperidine rings is 1. The number of alkyl halides is 3. The molecule has 2 atom stereocenters. The second kappa shape index (κ2) is 6.55. The number of piperazine rings is 1. The normalized spacial score (nSPS) is 21.5. The fraction of sp³-hybridized carbons (Fsp3) is 0.389. The van der Waals surface area contributed by atoms with E-state index in [1.54, 1.807) is 10.3 Å². The van der Waals surface area contributed by atoms with E-state index in [9.17, 15) is 33.3 Å². The van der Waals surface area contributed by atoms with Gasteiger partial charge in [-0.15, -0.1) is 11.3 Å². The van der Waals surface area contributed by atoms with Crippen LogP contribution in [0.5, 0.6) is 0 Å². The molecule has 6 rings (SSSR count). The molecule has 3 saturated heterocycles. The Hall–Kier alpha value is -2.90. The molecule has 0 spiro atoms. The van der Waals surface area contributed by atoms with Gasteiger partial charge in [-0.05, 0) is 18.6 Å². The summed E-state index contributed by atoms with van der Waals surface area (Å²) in [7, 11) is 0. The van der Waals surface area contributed by atoms with Gasteiger partial charge in [0.25, 0.3) is 11.8 Å². The number of rotatable bonds is 3. The molecule has 3 aliphatic heterocycles. The van der Waals surface area contributed by atoms with Crippen molar-refractivity contribution in [2.24, 2.45) is 0 Å². The topological polar surface area (TPSA) is 123 Å². The lowest BCUT2D eigenvalue weighted by Gasteiger charge is -2.54. The third-order valence-corrected chi connectivity index (χ3v) is 6.43. The molecule has 0 radical (unpaired) electrons.